The van der Waals surface area contributed by atoms with Crippen LogP contribution in [-0.2, 0) is 22.6 Å². The first-order valence-corrected chi connectivity index (χ1v) is 10.5. The number of aryl methyl sites for hydroxylation is 2. The fraction of sp³-hybridized carbons (Fsp3) is 0.417. The van der Waals surface area contributed by atoms with Gasteiger partial charge in [0.15, 0.2) is 0 Å². The molecule has 0 saturated carbocycles. The van der Waals surface area contributed by atoms with E-state index in [2.05, 4.69) is 11.1 Å². The SMILES string of the molecule is CC(=O)OCc1cc(CCCCCCCN2C(=O)c3ccccc3C2=O)cc(C)n1. The van der Waals surface area contributed by atoms with Gasteiger partial charge in [0.2, 0.25) is 0 Å². The lowest BCUT2D eigenvalue weighted by atomic mass is 10.0. The van der Waals surface area contributed by atoms with E-state index in [4.69, 9.17) is 4.74 Å². The lowest BCUT2D eigenvalue weighted by Gasteiger charge is -2.13. The van der Waals surface area contributed by atoms with Crippen LogP contribution in [0, 0.1) is 6.92 Å². The molecule has 158 valence electrons. The van der Waals surface area contributed by atoms with Crippen molar-refractivity contribution >= 4 is 17.8 Å². The average molecular weight is 408 g/mol. The first-order chi connectivity index (χ1) is 14.5. The van der Waals surface area contributed by atoms with Crippen LogP contribution in [0.4, 0.5) is 0 Å². The minimum atomic E-state index is -0.305. The lowest BCUT2D eigenvalue weighted by molar-refractivity contribution is -0.142. The molecule has 0 atom stereocenters. The summed E-state index contributed by atoms with van der Waals surface area (Å²) in [6, 6.07) is 11.1. The third-order valence-electron chi connectivity index (χ3n) is 5.21. The number of unbranched alkanes of at least 4 members (excludes halogenated alkanes) is 4. The molecule has 2 heterocycles. The van der Waals surface area contributed by atoms with Crippen molar-refractivity contribution in [3.8, 4) is 0 Å². The molecule has 1 aliphatic rings. The van der Waals surface area contributed by atoms with Gasteiger partial charge in [-0.15, -0.1) is 0 Å². The highest BCUT2D eigenvalue weighted by molar-refractivity contribution is 6.21. The number of benzene rings is 1. The monoisotopic (exact) mass is 408 g/mol. The molecule has 1 aliphatic heterocycles. The van der Waals surface area contributed by atoms with Gasteiger partial charge in [-0.1, -0.05) is 31.4 Å². The molecule has 2 aromatic rings. The number of amides is 2. The lowest BCUT2D eigenvalue weighted by Crippen LogP contribution is -2.30. The van der Waals surface area contributed by atoms with E-state index in [0.29, 0.717) is 17.7 Å². The summed E-state index contributed by atoms with van der Waals surface area (Å²) in [5.74, 6) is -0.650. The number of nitrogens with zero attached hydrogens (tertiary/aromatic N) is 2. The number of aromatic nitrogens is 1. The van der Waals surface area contributed by atoms with Crippen molar-refractivity contribution in [3.05, 3.63) is 64.5 Å². The highest BCUT2D eigenvalue weighted by atomic mass is 16.5. The van der Waals surface area contributed by atoms with Crippen LogP contribution in [0.5, 0.6) is 0 Å². The minimum absolute atomic E-state index is 0.173. The Bertz CT molecular complexity index is 904. The number of ether oxygens (including phenoxy) is 1. The van der Waals surface area contributed by atoms with Crippen molar-refractivity contribution in [1.29, 1.82) is 0 Å². The van der Waals surface area contributed by atoms with Crippen LogP contribution >= 0.6 is 0 Å². The van der Waals surface area contributed by atoms with Gasteiger partial charge < -0.3 is 4.74 Å². The Morgan fingerprint density at radius 2 is 1.60 bits per heavy atom. The Morgan fingerprint density at radius 1 is 0.967 bits per heavy atom. The van der Waals surface area contributed by atoms with Gasteiger partial charge in [-0.05, 0) is 56.0 Å². The molecule has 2 amide bonds. The van der Waals surface area contributed by atoms with Gasteiger partial charge in [-0.2, -0.15) is 0 Å². The maximum absolute atomic E-state index is 12.3. The number of hydrogen-bond acceptors (Lipinski definition) is 5. The molecule has 1 aromatic heterocycles. The van der Waals surface area contributed by atoms with Crippen LogP contribution in [0.3, 0.4) is 0 Å². The average Bonchev–Trinajstić information content (AvgIpc) is 2.96. The van der Waals surface area contributed by atoms with Crippen molar-refractivity contribution in [3.63, 3.8) is 0 Å². The third kappa shape index (κ3) is 5.53. The van der Waals surface area contributed by atoms with E-state index in [1.165, 1.54) is 17.4 Å². The molecular weight excluding hydrogens is 380 g/mol. The molecule has 0 saturated heterocycles. The molecule has 0 bridgehead atoms. The maximum atomic E-state index is 12.3. The fourth-order valence-electron chi connectivity index (χ4n) is 3.78. The van der Waals surface area contributed by atoms with Gasteiger partial charge in [-0.25, -0.2) is 0 Å². The second-order valence-electron chi connectivity index (χ2n) is 7.71. The molecule has 0 radical (unpaired) electrons. The largest absolute Gasteiger partial charge is 0.459 e. The van der Waals surface area contributed by atoms with Crippen LogP contribution in [-0.4, -0.2) is 34.2 Å². The van der Waals surface area contributed by atoms with Crippen LogP contribution in [0.1, 0.15) is 76.7 Å². The molecule has 3 rings (SSSR count). The van der Waals surface area contributed by atoms with Gasteiger partial charge in [0.25, 0.3) is 11.8 Å². The van der Waals surface area contributed by atoms with Crippen molar-refractivity contribution in [1.82, 2.24) is 9.88 Å². The number of pyridine rings is 1. The van der Waals surface area contributed by atoms with Gasteiger partial charge >= 0.3 is 5.97 Å². The molecule has 0 spiro atoms. The predicted molar refractivity (Wildman–Crippen MR) is 113 cm³/mol. The molecule has 0 aliphatic carbocycles. The number of carbonyl (C=O) groups is 3. The Morgan fingerprint density at radius 3 is 2.27 bits per heavy atom. The van der Waals surface area contributed by atoms with Crippen LogP contribution < -0.4 is 0 Å². The van der Waals surface area contributed by atoms with Crippen molar-refractivity contribution < 1.29 is 19.1 Å². The summed E-state index contributed by atoms with van der Waals surface area (Å²) >= 11 is 0. The van der Waals surface area contributed by atoms with Gasteiger partial charge in [0.1, 0.15) is 6.61 Å². The molecule has 0 N–H and O–H groups in total. The third-order valence-corrected chi connectivity index (χ3v) is 5.21. The Kier molecular flexibility index (Phi) is 7.33. The number of esters is 1. The van der Waals surface area contributed by atoms with Crippen LogP contribution in [0.2, 0.25) is 0 Å². The minimum Gasteiger partial charge on any atom is -0.459 e. The smallest absolute Gasteiger partial charge is 0.303 e. The van der Waals surface area contributed by atoms with E-state index in [9.17, 15) is 14.4 Å². The summed E-state index contributed by atoms with van der Waals surface area (Å²) in [6.45, 7) is 4.03. The van der Waals surface area contributed by atoms with Crippen LogP contribution in [0.25, 0.3) is 0 Å². The van der Waals surface area contributed by atoms with E-state index in [1.807, 2.05) is 13.0 Å². The zero-order chi connectivity index (χ0) is 21.5. The van der Waals surface area contributed by atoms with E-state index in [-0.39, 0.29) is 24.4 Å². The number of carbonyl (C=O) groups excluding carboxylic acids is 3. The zero-order valence-corrected chi connectivity index (χ0v) is 17.6. The molecule has 30 heavy (non-hydrogen) atoms. The maximum Gasteiger partial charge on any atom is 0.303 e. The molecule has 1 aromatic carbocycles. The quantitative estimate of drug-likeness (QED) is 0.334. The summed E-state index contributed by atoms with van der Waals surface area (Å²) in [5.41, 5.74) is 3.94. The standard InChI is InChI=1S/C24H28N2O4/c1-17-14-19(15-20(25-17)16-30-18(2)27)10-6-4-3-5-9-13-26-23(28)21-11-7-8-12-22(21)24(26)29/h7-8,11-12,14-15H,3-6,9-10,13,16H2,1-2H3. The fourth-order valence-corrected chi connectivity index (χ4v) is 3.78. The first-order valence-electron chi connectivity index (χ1n) is 10.5. The van der Waals surface area contributed by atoms with Crippen molar-refractivity contribution in [2.24, 2.45) is 0 Å². The summed E-state index contributed by atoms with van der Waals surface area (Å²) in [5, 5.41) is 0. The highest BCUT2D eigenvalue weighted by Gasteiger charge is 2.34. The summed E-state index contributed by atoms with van der Waals surface area (Å²) < 4.78 is 5.03. The summed E-state index contributed by atoms with van der Waals surface area (Å²) in [7, 11) is 0. The van der Waals surface area contributed by atoms with Crippen molar-refractivity contribution in [2.45, 2.75) is 59.0 Å². The van der Waals surface area contributed by atoms with E-state index < -0.39 is 0 Å². The molecular formula is C24H28N2O4. The molecule has 0 fully saturated rings. The van der Waals surface area contributed by atoms with E-state index in [1.54, 1.807) is 24.3 Å². The van der Waals surface area contributed by atoms with Crippen LogP contribution in [0.15, 0.2) is 36.4 Å². The van der Waals surface area contributed by atoms with E-state index in [0.717, 1.165) is 49.9 Å². The number of hydrogen-bond donors (Lipinski definition) is 0. The Hall–Kier alpha value is -3.02. The topological polar surface area (TPSA) is 76.6 Å². The number of rotatable bonds is 10. The second-order valence-corrected chi connectivity index (χ2v) is 7.71. The highest BCUT2D eigenvalue weighted by Crippen LogP contribution is 2.23. The van der Waals surface area contributed by atoms with Gasteiger partial charge in [-0.3, -0.25) is 24.3 Å². The normalized spacial score (nSPS) is 12.9. The van der Waals surface area contributed by atoms with Crippen molar-refractivity contribution in [2.75, 3.05) is 6.54 Å². The Balaban J connectivity index is 1.35. The summed E-state index contributed by atoms with van der Waals surface area (Å²) in [4.78, 5) is 41.4. The summed E-state index contributed by atoms with van der Waals surface area (Å²) in [6.07, 6.45) is 5.97. The number of fused-ring (bicyclic) bond motifs is 1. The molecule has 6 nitrogen and oxygen atoms in total. The van der Waals surface area contributed by atoms with Gasteiger partial charge in [0, 0.05) is 19.2 Å². The number of imide groups is 1. The molecule has 0 unspecified atom stereocenters. The molecule has 6 heteroatoms. The predicted octanol–water partition coefficient (Wildman–Crippen LogP) is 4.24. The first kappa shape index (κ1) is 21.7. The zero-order valence-electron chi connectivity index (χ0n) is 17.6. The van der Waals surface area contributed by atoms with Gasteiger partial charge in [0.05, 0.1) is 16.8 Å². The second kappa shape index (κ2) is 10.1. The Labute approximate surface area is 177 Å². The van der Waals surface area contributed by atoms with E-state index >= 15 is 0 Å².